The second-order valence-electron chi connectivity index (χ2n) is 6.23. The van der Waals surface area contributed by atoms with Crippen molar-refractivity contribution < 1.29 is 14.3 Å². The van der Waals surface area contributed by atoms with Crippen LogP contribution in [0.25, 0.3) is 0 Å². The van der Waals surface area contributed by atoms with E-state index in [9.17, 15) is 4.79 Å². The lowest BCUT2D eigenvalue weighted by Crippen LogP contribution is -2.51. The molecule has 1 heterocycles. The Kier molecular flexibility index (Phi) is 6.28. The number of likely N-dealkylation sites (tertiary alicyclic amines) is 1. The minimum Gasteiger partial charge on any atom is -0.497 e. The monoisotopic (exact) mass is 320 g/mol. The van der Waals surface area contributed by atoms with Gasteiger partial charge in [0.2, 0.25) is 5.91 Å². The molecule has 5 nitrogen and oxygen atoms in total. The number of carbonyl (C=O) groups excluding carboxylic acids is 1. The Labute approximate surface area is 138 Å². The molecule has 1 fully saturated rings. The summed E-state index contributed by atoms with van der Waals surface area (Å²) in [5.41, 5.74) is 7.10. The molecule has 2 rings (SSSR count). The highest BCUT2D eigenvalue weighted by molar-refractivity contribution is 5.77. The zero-order chi connectivity index (χ0) is 16.8. The van der Waals surface area contributed by atoms with E-state index in [1.54, 1.807) is 14.2 Å². The highest BCUT2D eigenvalue weighted by Gasteiger charge is 2.28. The van der Waals surface area contributed by atoms with Crippen molar-refractivity contribution in [1.82, 2.24) is 4.90 Å². The van der Waals surface area contributed by atoms with Crippen molar-refractivity contribution in [3.8, 4) is 11.5 Å². The Bertz CT molecular complexity index is 509. The summed E-state index contributed by atoms with van der Waals surface area (Å²) >= 11 is 0. The van der Waals surface area contributed by atoms with Crippen LogP contribution in [-0.4, -0.2) is 43.7 Å². The van der Waals surface area contributed by atoms with E-state index in [1.165, 1.54) is 0 Å². The minimum atomic E-state index is 0.0242. The van der Waals surface area contributed by atoms with Gasteiger partial charge in [0, 0.05) is 31.1 Å². The standard InChI is InChI=1S/C18H28N2O3/c1-13(19)17-6-4-5-9-20(17)18(21)8-7-14-10-15(22-2)12-16(11-14)23-3/h10-13,17H,4-9,19H2,1-3H3. The molecule has 5 heteroatoms. The molecule has 0 saturated carbocycles. The molecule has 23 heavy (non-hydrogen) atoms. The molecule has 128 valence electrons. The molecule has 1 amide bonds. The quantitative estimate of drug-likeness (QED) is 0.874. The van der Waals surface area contributed by atoms with Crippen molar-refractivity contribution in [3.63, 3.8) is 0 Å². The predicted molar refractivity (Wildman–Crippen MR) is 90.9 cm³/mol. The number of amides is 1. The van der Waals surface area contributed by atoms with Gasteiger partial charge < -0.3 is 20.1 Å². The van der Waals surface area contributed by atoms with Gasteiger partial charge >= 0.3 is 0 Å². The van der Waals surface area contributed by atoms with Crippen molar-refractivity contribution >= 4 is 5.91 Å². The molecule has 1 aliphatic heterocycles. The number of carbonyl (C=O) groups is 1. The number of rotatable bonds is 6. The van der Waals surface area contributed by atoms with Crippen LogP contribution in [0.15, 0.2) is 18.2 Å². The van der Waals surface area contributed by atoms with Gasteiger partial charge in [0.15, 0.2) is 0 Å². The molecule has 0 bridgehead atoms. The normalized spacial score (nSPS) is 19.3. The van der Waals surface area contributed by atoms with E-state index in [0.717, 1.165) is 42.9 Å². The summed E-state index contributed by atoms with van der Waals surface area (Å²) in [7, 11) is 3.26. The number of nitrogens with zero attached hydrogens (tertiary/aromatic N) is 1. The third-order valence-corrected chi connectivity index (χ3v) is 4.52. The molecule has 2 atom stereocenters. The van der Waals surface area contributed by atoms with Crippen LogP contribution in [0.1, 0.15) is 38.2 Å². The fourth-order valence-corrected chi connectivity index (χ4v) is 3.22. The SMILES string of the molecule is COc1cc(CCC(=O)N2CCCCC2C(C)N)cc(OC)c1. The van der Waals surface area contributed by atoms with Crippen LogP contribution in [0.3, 0.4) is 0 Å². The number of benzene rings is 1. The minimum absolute atomic E-state index is 0.0242. The fraction of sp³-hybridized carbons (Fsp3) is 0.611. The summed E-state index contributed by atoms with van der Waals surface area (Å²) in [4.78, 5) is 14.6. The van der Waals surface area contributed by atoms with E-state index >= 15 is 0 Å². The van der Waals surface area contributed by atoms with Gasteiger partial charge in [0.25, 0.3) is 0 Å². The fourth-order valence-electron chi connectivity index (χ4n) is 3.22. The summed E-state index contributed by atoms with van der Waals surface area (Å²) in [5.74, 6) is 1.69. The Morgan fingerprint density at radius 3 is 2.48 bits per heavy atom. The number of hydrogen-bond donors (Lipinski definition) is 1. The van der Waals surface area contributed by atoms with Gasteiger partial charge in [0.1, 0.15) is 11.5 Å². The van der Waals surface area contributed by atoms with Gasteiger partial charge in [-0.3, -0.25) is 4.79 Å². The van der Waals surface area contributed by atoms with Gasteiger partial charge in [-0.1, -0.05) is 0 Å². The van der Waals surface area contributed by atoms with Crippen molar-refractivity contribution in [2.24, 2.45) is 5.73 Å². The van der Waals surface area contributed by atoms with Crippen LogP contribution in [0.5, 0.6) is 11.5 Å². The van der Waals surface area contributed by atoms with E-state index in [1.807, 2.05) is 30.0 Å². The van der Waals surface area contributed by atoms with Crippen molar-refractivity contribution in [2.45, 2.75) is 51.1 Å². The Balaban J connectivity index is 2.00. The maximum atomic E-state index is 12.6. The third kappa shape index (κ3) is 4.61. The average molecular weight is 320 g/mol. The number of methoxy groups -OCH3 is 2. The first-order chi connectivity index (χ1) is 11.0. The zero-order valence-corrected chi connectivity index (χ0v) is 14.4. The smallest absolute Gasteiger partial charge is 0.223 e. The second kappa shape index (κ2) is 8.20. The average Bonchev–Trinajstić information content (AvgIpc) is 2.59. The van der Waals surface area contributed by atoms with E-state index in [4.69, 9.17) is 15.2 Å². The number of hydrogen-bond acceptors (Lipinski definition) is 4. The lowest BCUT2D eigenvalue weighted by Gasteiger charge is -2.38. The van der Waals surface area contributed by atoms with Crippen LogP contribution in [0.4, 0.5) is 0 Å². The molecule has 0 spiro atoms. The maximum Gasteiger partial charge on any atom is 0.223 e. The number of aryl methyl sites for hydroxylation is 1. The summed E-state index contributed by atoms with van der Waals surface area (Å²) in [5, 5.41) is 0. The summed E-state index contributed by atoms with van der Waals surface area (Å²) < 4.78 is 10.6. The highest BCUT2D eigenvalue weighted by atomic mass is 16.5. The second-order valence-corrected chi connectivity index (χ2v) is 6.23. The maximum absolute atomic E-state index is 12.6. The summed E-state index contributed by atoms with van der Waals surface area (Å²) in [6.45, 7) is 2.82. The van der Waals surface area contributed by atoms with Gasteiger partial charge in [-0.25, -0.2) is 0 Å². The molecule has 0 aromatic heterocycles. The Morgan fingerprint density at radius 2 is 1.91 bits per heavy atom. The molecule has 1 aromatic carbocycles. The van der Waals surface area contributed by atoms with E-state index in [0.29, 0.717) is 12.8 Å². The lowest BCUT2D eigenvalue weighted by atomic mass is 9.96. The lowest BCUT2D eigenvalue weighted by molar-refractivity contribution is -0.135. The Morgan fingerprint density at radius 1 is 1.26 bits per heavy atom. The van der Waals surface area contributed by atoms with E-state index in [-0.39, 0.29) is 18.0 Å². The highest BCUT2D eigenvalue weighted by Crippen LogP contribution is 2.24. The van der Waals surface area contributed by atoms with Crippen LogP contribution in [0, 0.1) is 0 Å². The predicted octanol–water partition coefficient (Wildman–Crippen LogP) is 2.36. The first kappa shape index (κ1) is 17.6. The van der Waals surface area contributed by atoms with Crippen LogP contribution in [-0.2, 0) is 11.2 Å². The van der Waals surface area contributed by atoms with Crippen molar-refractivity contribution in [3.05, 3.63) is 23.8 Å². The van der Waals surface area contributed by atoms with Crippen molar-refractivity contribution in [1.29, 1.82) is 0 Å². The van der Waals surface area contributed by atoms with Crippen molar-refractivity contribution in [2.75, 3.05) is 20.8 Å². The molecular weight excluding hydrogens is 292 g/mol. The van der Waals surface area contributed by atoms with Gasteiger partial charge in [-0.2, -0.15) is 0 Å². The number of ether oxygens (including phenoxy) is 2. The van der Waals surface area contributed by atoms with Crippen LogP contribution >= 0.6 is 0 Å². The molecule has 2 N–H and O–H groups in total. The molecule has 1 aliphatic rings. The number of piperidine rings is 1. The number of nitrogens with two attached hydrogens (primary N) is 1. The molecule has 0 aliphatic carbocycles. The van der Waals surface area contributed by atoms with Gasteiger partial charge in [-0.05, 0) is 50.3 Å². The van der Waals surface area contributed by atoms with Crippen LogP contribution in [0.2, 0.25) is 0 Å². The first-order valence-corrected chi connectivity index (χ1v) is 8.32. The van der Waals surface area contributed by atoms with Crippen LogP contribution < -0.4 is 15.2 Å². The molecular formula is C18H28N2O3. The van der Waals surface area contributed by atoms with Gasteiger partial charge in [-0.15, -0.1) is 0 Å². The summed E-state index contributed by atoms with van der Waals surface area (Å²) in [6.07, 6.45) is 4.40. The van der Waals surface area contributed by atoms with Gasteiger partial charge in [0.05, 0.1) is 14.2 Å². The molecule has 0 radical (unpaired) electrons. The van der Waals surface area contributed by atoms with E-state index in [2.05, 4.69) is 0 Å². The molecule has 1 aromatic rings. The van der Waals surface area contributed by atoms with E-state index < -0.39 is 0 Å². The first-order valence-electron chi connectivity index (χ1n) is 8.32. The topological polar surface area (TPSA) is 64.8 Å². The largest absolute Gasteiger partial charge is 0.497 e. The summed E-state index contributed by atoms with van der Waals surface area (Å²) in [6, 6.07) is 5.94. The molecule has 1 saturated heterocycles. The Hall–Kier alpha value is -1.75. The third-order valence-electron chi connectivity index (χ3n) is 4.52. The molecule has 2 unspecified atom stereocenters. The zero-order valence-electron chi connectivity index (χ0n) is 14.4.